The first-order valence-electron chi connectivity index (χ1n) is 8.22. The normalized spacial score (nSPS) is 22.7. The number of fused-ring (bicyclic) bond motifs is 1. The molecule has 2 aliphatic rings. The lowest BCUT2D eigenvalue weighted by Gasteiger charge is -2.33. The largest absolute Gasteiger partial charge is 0.341 e. The van der Waals surface area contributed by atoms with Gasteiger partial charge in [-0.25, -0.2) is 18.1 Å². The molecule has 124 valence electrons. The Morgan fingerprint density at radius 3 is 2.74 bits per heavy atom. The van der Waals surface area contributed by atoms with E-state index in [1.54, 1.807) is 0 Å². The average Bonchev–Trinajstić information content (AvgIpc) is 3.33. The molecule has 2 fully saturated rings. The Labute approximate surface area is 136 Å². The zero-order valence-electron chi connectivity index (χ0n) is 13.3. The van der Waals surface area contributed by atoms with E-state index in [-0.39, 0.29) is 11.3 Å². The SMILES string of the molecule is Cn1c(N2CCCC(NS(=O)(=O)C3CC3)C2)nc2ccccc21. The molecule has 2 aromatic rings. The zero-order valence-corrected chi connectivity index (χ0v) is 14.1. The van der Waals surface area contributed by atoms with E-state index in [1.165, 1.54) is 0 Å². The van der Waals surface area contributed by atoms with E-state index in [4.69, 9.17) is 4.98 Å². The summed E-state index contributed by atoms with van der Waals surface area (Å²) in [6, 6.07) is 8.05. The van der Waals surface area contributed by atoms with Crippen LogP contribution in [-0.2, 0) is 17.1 Å². The van der Waals surface area contributed by atoms with Crippen LogP contribution in [0.25, 0.3) is 11.0 Å². The summed E-state index contributed by atoms with van der Waals surface area (Å²) >= 11 is 0. The van der Waals surface area contributed by atoms with Crippen LogP contribution in [0.1, 0.15) is 25.7 Å². The number of piperidine rings is 1. The fourth-order valence-electron chi connectivity index (χ4n) is 3.38. The number of para-hydroxylation sites is 2. The van der Waals surface area contributed by atoms with Gasteiger partial charge in [0.2, 0.25) is 16.0 Å². The Balaban J connectivity index is 1.55. The van der Waals surface area contributed by atoms with E-state index < -0.39 is 10.0 Å². The summed E-state index contributed by atoms with van der Waals surface area (Å²) in [4.78, 5) is 6.92. The summed E-state index contributed by atoms with van der Waals surface area (Å²) in [5.41, 5.74) is 2.08. The van der Waals surface area contributed by atoms with Crippen LogP contribution in [0.3, 0.4) is 0 Å². The molecule has 6 nitrogen and oxygen atoms in total. The monoisotopic (exact) mass is 334 g/mol. The van der Waals surface area contributed by atoms with Crippen molar-refractivity contribution in [2.24, 2.45) is 7.05 Å². The molecule has 0 spiro atoms. The maximum atomic E-state index is 12.2. The molecule has 1 atom stereocenters. The van der Waals surface area contributed by atoms with Gasteiger partial charge in [-0.2, -0.15) is 0 Å². The van der Waals surface area contributed by atoms with Gasteiger partial charge in [0.25, 0.3) is 0 Å². The first-order valence-corrected chi connectivity index (χ1v) is 9.77. The average molecular weight is 334 g/mol. The molecule has 23 heavy (non-hydrogen) atoms. The number of rotatable bonds is 4. The third kappa shape index (κ3) is 2.83. The molecule has 4 rings (SSSR count). The molecule has 2 heterocycles. The number of nitrogens with one attached hydrogen (secondary N) is 1. The number of sulfonamides is 1. The lowest BCUT2D eigenvalue weighted by atomic mass is 10.1. The minimum atomic E-state index is -3.13. The van der Waals surface area contributed by atoms with Crippen LogP contribution in [-0.4, -0.2) is 42.4 Å². The van der Waals surface area contributed by atoms with Crippen LogP contribution in [0.15, 0.2) is 24.3 Å². The maximum absolute atomic E-state index is 12.2. The summed E-state index contributed by atoms with van der Waals surface area (Å²) in [6.07, 6.45) is 3.47. The zero-order chi connectivity index (χ0) is 16.0. The maximum Gasteiger partial charge on any atom is 0.214 e. The minimum Gasteiger partial charge on any atom is -0.341 e. The van der Waals surface area contributed by atoms with Gasteiger partial charge in [0, 0.05) is 26.2 Å². The summed E-state index contributed by atoms with van der Waals surface area (Å²) in [6.45, 7) is 1.60. The van der Waals surface area contributed by atoms with Gasteiger partial charge in [0.05, 0.1) is 16.3 Å². The third-order valence-corrected chi connectivity index (χ3v) is 6.77. The number of imidazole rings is 1. The summed E-state index contributed by atoms with van der Waals surface area (Å²) in [5, 5.41) is -0.159. The molecule has 1 saturated heterocycles. The minimum absolute atomic E-state index is 0.0193. The fourth-order valence-corrected chi connectivity index (χ4v) is 4.98. The molecule has 0 amide bonds. The molecule has 1 aliphatic heterocycles. The molecule has 1 N–H and O–H groups in total. The Morgan fingerprint density at radius 2 is 2.00 bits per heavy atom. The van der Waals surface area contributed by atoms with Crippen LogP contribution >= 0.6 is 0 Å². The highest BCUT2D eigenvalue weighted by molar-refractivity contribution is 7.90. The number of aryl methyl sites for hydroxylation is 1. The number of benzene rings is 1. The van der Waals surface area contributed by atoms with Gasteiger partial charge in [-0.1, -0.05) is 12.1 Å². The number of nitrogens with zero attached hydrogens (tertiary/aromatic N) is 3. The van der Waals surface area contributed by atoms with Crippen LogP contribution < -0.4 is 9.62 Å². The molecule has 0 bridgehead atoms. The van der Waals surface area contributed by atoms with Gasteiger partial charge in [0.15, 0.2) is 0 Å². The molecule has 1 saturated carbocycles. The van der Waals surface area contributed by atoms with Crippen molar-refractivity contribution >= 4 is 27.0 Å². The van der Waals surface area contributed by atoms with Crippen LogP contribution in [0.2, 0.25) is 0 Å². The molecule has 1 unspecified atom stereocenters. The Kier molecular flexibility index (Phi) is 3.57. The number of hydrogen-bond donors (Lipinski definition) is 1. The van der Waals surface area contributed by atoms with Gasteiger partial charge in [-0.05, 0) is 37.8 Å². The Morgan fingerprint density at radius 1 is 1.22 bits per heavy atom. The number of hydrogen-bond acceptors (Lipinski definition) is 4. The van der Waals surface area contributed by atoms with E-state index in [2.05, 4.69) is 20.3 Å². The first-order chi connectivity index (χ1) is 11.0. The van der Waals surface area contributed by atoms with E-state index in [0.717, 1.165) is 49.2 Å². The van der Waals surface area contributed by atoms with E-state index >= 15 is 0 Å². The van der Waals surface area contributed by atoms with Gasteiger partial charge < -0.3 is 9.47 Å². The molecule has 1 aromatic heterocycles. The third-order valence-electron chi connectivity index (χ3n) is 4.76. The Bertz CT molecular complexity index is 826. The second kappa shape index (κ2) is 5.49. The van der Waals surface area contributed by atoms with Crippen molar-refractivity contribution in [1.29, 1.82) is 0 Å². The second-order valence-corrected chi connectivity index (χ2v) is 8.60. The van der Waals surface area contributed by atoms with E-state index in [1.807, 2.05) is 25.2 Å². The number of aromatic nitrogens is 2. The lowest BCUT2D eigenvalue weighted by molar-refractivity contribution is 0.459. The van der Waals surface area contributed by atoms with E-state index in [9.17, 15) is 8.42 Å². The standard InChI is InChI=1S/C16H22N4O2S/c1-19-15-7-3-2-6-14(15)17-16(19)20-10-4-5-12(11-20)18-23(21,22)13-8-9-13/h2-3,6-7,12-13,18H,4-5,8-11H2,1H3. The molecular formula is C16H22N4O2S. The number of anilines is 1. The molecule has 7 heteroatoms. The van der Waals surface area contributed by atoms with Gasteiger partial charge in [0.1, 0.15) is 0 Å². The van der Waals surface area contributed by atoms with Crippen molar-refractivity contribution in [3.63, 3.8) is 0 Å². The topological polar surface area (TPSA) is 67.2 Å². The predicted molar refractivity (Wildman–Crippen MR) is 91.0 cm³/mol. The second-order valence-electron chi connectivity index (χ2n) is 6.61. The lowest BCUT2D eigenvalue weighted by Crippen LogP contribution is -2.49. The Hall–Kier alpha value is -1.60. The van der Waals surface area contributed by atoms with Gasteiger partial charge in [-0.3, -0.25) is 0 Å². The van der Waals surface area contributed by atoms with E-state index in [0.29, 0.717) is 6.54 Å². The van der Waals surface area contributed by atoms with Crippen LogP contribution in [0.4, 0.5) is 5.95 Å². The van der Waals surface area contributed by atoms with Crippen molar-refractivity contribution in [1.82, 2.24) is 14.3 Å². The fraction of sp³-hybridized carbons (Fsp3) is 0.562. The smallest absolute Gasteiger partial charge is 0.214 e. The highest BCUT2D eigenvalue weighted by Crippen LogP contribution is 2.29. The summed E-state index contributed by atoms with van der Waals surface area (Å²) in [5.74, 6) is 0.918. The van der Waals surface area contributed by atoms with Crippen molar-refractivity contribution in [2.75, 3.05) is 18.0 Å². The molecular weight excluding hydrogens is 312 g/mol. The van der Waals surface area contributed by atoms with Crippen molar-refractivity contribution < 1.29 is 8.42 Å². The van der Waals surface area contributed by atoms with Crippen LogP contribution in [0.5, 0.6) is 0 Å². The quantitative estimate of drug-likeness (QED) is 0.923. The van der Waals surface area contributed by atoms with Crippen LogP contribution in [0, 0.1) is 0 Å². The highest BCUT2D eigenvalue weighted by atomic mass is 32.2. The van der Waals surface area contributed by atoms with Crippen molar-refractivity contribution in [3.05, 3.63) is 24.3 Å². The summed E-state index contributed by atoms with van der Waals surface area (Å²) < 4.78 is 29.3. The molecule has 0 radical (unpaired) electrons. The summed E-state index contributed by atoms with van der Waals surface area (Å²) in [7, 11) is -1.11. The highest BCUT2D eigenvalue weighted by Gasteiger charge is 2.37. The van der Waals surface area contributed by atoms with Gasteiger partial charge in [-0.15, -0.1) is 0 Å². The van der Waals surface area contributed by atoms with Crippen molar-refractivity contribution in [2.45, 2.75) is 37.0 Å². The molecule has 1 aliphatic carbocycles. The predicted octanol–water partition coefficient (Wildman–Crippen LogP) is 1.62. The molecule has 1 aromatic carbocycles. The van der Waals surface area contributed by atoms with Crippen molar-refractivity contribution in [3.8, 4) is 0 Å². The first kappa shape index (κ1) is 15.0. The van der Waals surface area contributed by atoms with Gasteiger partial charge >= 0.3 is 0 Å².